The molecule has 2 aromatic rings. The van der Waals surface area contributed by atoms with Crippen LogP contribution in [0.5, 0.6) is 5.75 Å². The van der Waals surface area contributed by atoms with Gasteiger partial charge in [-0.05, 0) is 55.3 Å². The molecule has 2 aromatic carbocycles. The maximum atomic E-state index is 12.9. The number of carbonyl (C=O) groups is 1. The summed E-state index contributed by atoms with van der Waals surface area (Å²) < 4.78 is 31.5. The van der Waals surface area contributed by atoms with Gasteiger partial charge < -0.3 is 10.1 Å². The molecule has 0 aromatic heterocycles. The summed E-state index contributed by atoms with van der Waals surface area (Å²) in [7, 11) is -3.73. The molecule has 1 atom stereocenters. The van der Waals surface area contributed by atoms with Crippen LogP contribution in [-0.2, 0) is 14.8 Å². The molecule has 0 heterocycles. The number of hydrogen-bond acceptors (Lipinski definition) is 4. The molecule has 8 heteroatoms. The average Bonchev–Trinajstić information content (AvgIpc) is 2.66. The SMILES string of the molecule is C=CCOc1ccc(NC(=O)[C@H](CC)N(c2ccc(C)c(Cl)c2)S(C)(=O)=O)cc1. The second-order valence-electron chi connectivity index (χ2n) is 6.53. The molecule has 0 bridgehead atoms. The predicted molar refractivity (Wildman–Crippen MR) is 118 cm³/mol. The third kappa shape index (κ3) is 5.98. The highest BCUT2D eigenvalue weighted by atomic mass is 35.5. The van der Waals surface area contributed by atoms with Crippen LogP contribution >= 0.6 is 11.6 Å². The minimum atomic E-state index is -3.73. The van der Waals surface area contributed by atoms with Gasteiger partial charge >= 0.3 is 0 Å². The maximum absolute atomic E-state index is 12.9. The summed E-state index contributed by atoms with van der Waals surface area (Å²) in [5.41, 5.74) is 1.70. The van der Waals surface area contributed by atoms with Gasteiger partial charge in [-0.3, -0.25) is 9.10 Å². The molecule has 6 nitrogen and oxygen atoms in total. The second kappa shape index (κ2) is 9.80. The summed E-state index contributed by atoms with van der Waals surface area (Å²) in [6.07, 6.45) is 2.99. The molecule has 0 spiro atoms. The van der Waals surface area contributed by atoms with E-state index in [1.165, 1.54) is 0 Å². The summed E-state index contributed by atoms with van der Waals surface area (Å²) >= 11 is 6.18. The van der Waals surface area contributed by atoms with E-state index in [-0.39, 0.29) is 6.42 Å². The number of amides is 1. The van der Waals surface area contributed by atoms with Crippen molar-refractivity contribution in [3.8, 4) is 5.75 Å². The molecule has 156 valence electrons. The first-order valence-corrected chi connectivity index (χ1v) is 11.3. The van der Waals surface area contributed by atoms with E-state index >= 15 is 0 Å². The normalized spacial score (nSPS) is 12.1. The zero-order chi connectivity index (χ0) is 21.6. The van der Waals surface area contributed by atoms with E-state index in [1.54, 1.807) is 55.5 Å². The topological polar surface area (TPSA) is 75.7 Å². The first-order chi connectivity index (χ1) is 13.7. The number of halogens is 1. The van der Waals surface area contributed by atoms with E-state index < -0.39 is 22.0 Å². The van der Waals surface area contributed by atoms with E-state index in [1.807, 2.05) is 6.92 Å². The molecule has 1 amide bonds. The Morgan fingerprint density at radius 3 is 2.45 bits per heavy atom. The summed E-state index contributed by atoms with van der Waals surface area (Å²) in [6, 6.07) is 10.8. The van der Waals surface area contributed by atoms with E-state index in [9.17, 15) is 13.2 Å². The summed E-state index contributed by atoms with van der Waals surface area (Å²) in [6.45, 7) is 7.55. The van der Waals surface area contributed by atoms with Crippen LogP contribution in [0.25, 0.3) is 0 Å². The van der Waals surface area contributed by atoms with Crippen LogP contribution < -0.4 is 14.4 Å². The van der Waals surface area contributed by atoms with Crippen molar-refractivity contribution < 1.29 is 17.9 Å². The smallest absolute Gasteiger partial charge is 0.248 e. The third-order valence-electron chi connectivity index (χ3n) is 4.23. The van der Waals surface area contributed by atoms with Gasteiger partial charge in [0.05, 0.1) is 11.9 Å². The van der Waals surface area contributed by atoms with Crippen molar-refractivity contribution in [1.29, 1.82) is 0 Å². The number of aryl methyl sites for hydroxylation is 1. The van der Waals surface area contributed by atoms with E-state index in [2.05, 4.69) is 11.9 Å². The average molecular weight is 437 g/mol. The van der Waals surface area contributed by atoms with Gasteiger partial charge in [-0.2, -0.15) is 0 Å². The zero-order valence-electron chi connectivity index (χ0n) is 16.7. The van der Waals surface area contributed by atoms with Crippen LogP contribution in [-0.4, -0.2) is 33.2 Å². The number of rotatable bonds is 9. The number of ether oxygens (including phenoxy) is 1. The number of benzene rings is 2. The van der Waals surface area contributed by atoms with Crippen molar-refractivity contribution in [3.05, 3.63) is 65.7 Å². The lowest BCUT2D eigenvalue weighted by Crippen LogP contribution is -2.47. The van der Waals surface area contributed by atoms with Gasteiger partial charge in [-0.25, -0.2) is 8.42 Å². The Kier molecular flexibility index (Phi) is 7.70. The molecule has 0 saturated heterocycles. The molecule has 0 aliphatic carbocycles. The lowest BCUT2D eigenvalue weighted by atomic mass is 10.1. The fourth-order valence-electron chi connectivity index (χ4n) is 2.79. The zero-order valence-corrected chi connectivity index (χ0v) is 18.3. The van der Waals surface area contributed by atoms with Gasteiger partial charge in [0.15, 0.2) is 0 Å². The Morgan fingerprint density at radius 2 is 1.93 bits per heavy atom. The number of hydrogen-bond donors (Lipinski definition) is 1. The number of anilines is 2. The number of nitrogens with zero attached hydrogens (tertiary/aromatic N) is 1. The van der Waals surface area contributed by atoms with E-state index in [0.29, 0.717) is 28.8 Å². The Balaban J connectivity index is 2.28. The highest BCUT2D eigenvalue weighted by Gasteiger charge is 2.31. The molecule has 0 radical (unpaired) electrons. The molecule has 1 N–H and O–H groups in total. The standard InChI is InChI=1S/C21H25ClN2O4S/c1-5-13-28-18-11-8-16(9-12-18)23-21(25)20(6-2)24(29(4,26)27)17-10-7-15(3)19(22)14-17/h5,7-12,14,20H,1,6,13H2,2-4H3,(H,23,25)/t20-/m0/s1. The van der Waals surface area contributed by atoms with E-state index in [4.69, 9.17) is 16.3 Å². The first kappa shape index (κ1) is 22.8. The van der Waals surface area contributed by atoms with Crippen LogP contribution in [0.3, 0.4) is 0 Å². The van der Waals surface area contributed by atoms with Gasteiger partial charge in [0.2, 0.25) is 15.9 Å². The fraction of sp³-hybridized carbons (Fsp3) is 0.286. The van der Waals surface area contributed by atoms with Crippen molar-refractivity contribution in [2.45, 2.75) is 26.3 Å². The monoisotopic (exact) mass is 436 g/mol. The highest BCUT2D eigenvalue weighted by Crippen LogP contribution is 2.28. The van der Waals surface area contributed by atoms with Gasteiger partial charge in [0.1, 0.15) is 18.4 Å². The maximum Gasteiger partial charge on any atom is 0.248 e. The molecule has 0 aliphatic rings. The second-order valence-corrected chi connectivity index (χ2v) is 8.80. The lowest BCUT2D eigenvalue weighted by Gasteiger charge is -2.30. The van der Waals surface area contributed by atoms with Crippen LogP contribution in [0.4, 0.5) is 11.4 Å². The summed E-state index contributed by atoms with van der Waals surface area (Å²) in [5.74, 6) is 0.205. The minimum Gasteiger partial charge on any atom is -0.490 e. The Morgan fingerprint density at radius 1 is 1.28 bits per heavy atom. The Hall–Kier alpha value is -2.51. The van der Waals surface area contributed by atoms with Gasteiger partial charge in [0, 0.05) is 10.7 Å². The molecule has 0 unspecified atom stereocenters. The van der Waals surface area contributed by atoms with Crippen LogP contribution in [0, 0.1) is 6.92 Å². The molecular formula is C21H25ClN2O4S. The van der Waals surface area contributed by atoms with E-state index in [0.717, 1.165) is 16.1 Å². The number of sulfonamides is 1. The van der Waals surface area contributed by atoms with Crippen molar-refractivity contribution in [2.75, 3.05) is 22.5 Å². The fourth-order valence-corrected chi connectivity index (χ4v) is 4.17. The number of nitrogens with one attached hydrogen (secondary N) is 1. The largest absolute Gasteiger partial charge is 0.490 e. The van der Waals surface area contributed by atoms with Crippen LogP contribution in [0.15, 0.2) is 55.1 Å². The molecule has 0 fully saturated rings. The third-order valence-corrected chi connectivity index (χ3v) is 5.82. The van der Waals surface area contributed by atoms with Crippen molar-refractivity contribution in [3.63, 3.8) is 0 Å². The lowest BCUT2D eigenvalue weighted by molar-refractivity contribution is -0.117. The molecule has 0 saturated carbocycles. The summed E-state index contributed by atoms with van der Waals surface area (Å²) in [4.78, 5) is 12.9. The number of carbonyl (C=O) groups excluding carboxylic acids is 1. The first-order valence-electron chi connectivity index (χ1n) is 9.07. The Labute approximate surface area is 177 Å². The van der Waals surface area contributed by atoms with Crippen molar-refractivity contribution in [2.24, 2.45) is 0 Å². The van der Waals surface area contributed by atoms with Crippen LogP contribution in [0.1, 0.15) is 18.9 Å². The van der Waals surface area contributed by atoms with Crippen LogP contribution in [0.2, 0.25) is 5.02 Å². The van der Waals surface area contributed by atoms with Gasteiger partial charge in [-0.1, -0.05) is 37.2 Å². The predicted octanol–water partition coefficient (Wildman–Crippen LogP) is 4.40. The molecule has 29 heavy (non-hydrogen) atoms. The van der Waals surface area contributed by atoms with Crippen molar-refractivity contribution >= 4 is 38.9 Å². The minimum absolute atomic E-state index is 0.283. The Bertz CT molecular complexity index is 975. The van der Waals surface area contributed by atoms with Gasteiger partial charge in [0.25, 0.3) is 0 Å². The van der Waals surface area contributed by atoms with Crippen molar-refractivity contribution in [1.82, 2.24) is 0 Å². The highest BCUT2D eigenvalue weighted by molar-refractivity contribution is 7.92. The van der Waals surface area contributed by atoms with Gasteiger partial charge in [-0.15, -0.1) is 0 Å². The molecule has 0 aliphatic heterocycles. The molecule has 2 rings (SSSR count). The quantitative estimate of drug-likeness (QED) is 0.591. The molecular weight excluding hydrogens is 412 g/mol. The summed E-state index contributed by atoms with van der Waals surface area (Å²) in [5, 5.41) is 3.20.